The molecule has 110 valence electrons. The molecule has 0 amide bonds. The highest BCUT2D eigenvalue weighted by molar-refractivity contribution is 7.89. The van der Waals surface area contributed by atoms with E-state index in [1.807, 2.05) is 31.4 Å². The first-order valence-electron chi connectivity index (χ1n) is 6.59. The van der Waals surface area contributed by atoms with E-state index in [0.717, 1.165) is 13.0 Å². The van der Waals surface area contributed by atoms with Crippen LogP contribution in [-0.4, -0.2) is 44.2 Å². The van der Waals surface area contributed by atoms with Gasteiger partial charge in [-0.2, -0.15) is 0 Å². The van der Waals surface area contributed by atoms with Crippen LogP contribution in [0, 0.1) is 0 Å². The van der Waals surface area contributed by atoms with Crippen molar-refractivity contribution in [3.63, 3.8) is 0 Å². The Labute approximate surface area is 120 Å². The van der Waals surface area contributed by atoms with Crippen molar-refractivity contribution in [2.45, 2.75) is 38.5 Å². The van der Waals surface area contributed by atoms with Gasteiger partial charge in [-0.05, 0) is 38.3 Å². The number of likely N-dealkylation sites (N-methyl/N-ethyl adjacent to an activating group) is 1. The smallest absolute Gasteiger partial charge is 0.217 e. The van der Waals surface area contributed by atoms with Crippen molar-refractivity contribution in [3.05, 3.63) is 22.4 Å². The molecular weight excluding hydrogens is 280 g/mol. The molecule has 0 fully saturated rings. The van der Waals surface area contributed by atoms with E-state index in [-0.39, 0.29) is 6.04 Å². The molecule has 1 aromatic rings. The second-order valence-corrected chi connectivity index (χ2v) is 8.25. The van der Waals surface area contributed by atoms with Crippen molar-refractivity contribution in [2.24, 2.45) is 0 Å². The van der Waals surface area contributed by atoms with Crippen LogP contribution in [0.4, 0.5) is 0 Å². The third-order valence-corrected chi connectivity index (χ3v) is 6.53. The van der Waals surface area contributed by atoms with Gasteiger partial charge in [0.15, 0.2) is 0 Å². The van der Waals surface area contributed by atoms with Crippen LogP contribution in [0.15, 0.2) is 17.5 Å². The Bertz CT molecular complexity index is 457. The number of thiophene rings is 1. The van der Waals surface area contributed by atoms with Crippen molar-refractivity contribution in [2.75, 3.05) is 20.1 Å². The van der Waals surface area contributed by atoms with Gasteiger partial charge in [0.05, 0.1) is 5.25 Å². The molecule has 0 aromatic carbocycles. The number of nitrogens with zero attached hydrogens (tertiary/aromatic N) is 1. The summed E-state index contributed by atoms with van der Waals surface area (Å²) >= 11 is 1.67. The van der Waals surface area contributed by atoms with Gasteiger partial charge in [0.25, 0.3) is 0 Å². The van der Waals surface area contributed by atoms with E-state index < -0.39 is 15.3 Å². The van der Waals surface area contributed by atoms with Crippen LogP contribution in [0.3, 0.4) is 0 Å². The van der Waals surface area contributed by atoms with Gasteiger partial charge in [0.2, 0.25) is 10.0 Å². The lowest BCUT2D eigenvalue weighted by atomic mass is 10.2. The average Bonchev–Trinajstić information content (AvgIpc) is 2.87. The van der Waals surface area contributed by atoms with Crippen molar-refractivity contribution < 1.29 is 8.42 Å². The minimum atomic E-state index is -3.24. The highest BCUT2D eigenvalue weighted by Crippen LogP contribution is 2.17. The molecule has 0 aliphatic rings. The molecule has 4 nitrogen and oxygen atoms in total. The first kappa shape index (κ1) is 16.6. The van der Waals surface area contributed by atoms with Crippen LogP contribution < -0.4 is 5.32 Å². The normalized spacial score (nSPS) is 15.6. The van der Waals surface area contributed by atoms with Gasteiger partial charge in [-0.3, -0.25) is 0 Å². The molecule has 0 aliphatic carbocycles. The summed E-state index contributed by atoms with van der Waals surface area (Å²) in [6.45, 7) is 6.97. The highest BCUT2D eigenvalue weighted by Gasteiger charge is 2.29. The summed E-state index contributed by atoms with van der Waals surface area (Å²) in [4.78, 5) is 1.22. The average molecular weight is 304 g/mol. The van der Waals surface area contributed by atoms with Gasteiger partial charge in [-0.1, -0.05) is 13.0 Å². The minimum Gasteiger partial charge on any atom is -0.316 e. The molecule has 1 heterocycles. The Morgan fingerprint density at radius 2 is 2.11 bits per heavy atom. The van der Waals surface area contributed by atoms with Crippen LogP contribution in [0.25, 0.3) is 0 Å². The number of hydrogen-bond acceptors (Lipinski definition) is 4. The first-order valence-corrected chi connectivity index (χ1v) is 8.97. The summed E-state index contributed by atoms with van der Waals surface area (Å²) in [5.74, 6) is 0. The minimum absolute atomic E-state index is 0.0206. The number of nitrogens with one attached hydrogen (secondary N) is 1. The van der Waals surface area contributed by atoms with Gasteiger partial charge < -0.3 is 5.32 Å². The van der Waals surface area contributed by atoms with Crippen molar-refractivity contribution >= 4 is 21.4 Å². The fourth-order valence-electron chi connectivity index (χ4n) is 1.84. The van der Waals surface area contributed by atoms with E-state index in [0.29, 0.717) is 6.54 Å². The van der Waals surface area contributed by atoms with E-state index in [1.165, 1.54) is 9.18 Å². The second kappa shape index (κ2) is 7.38. The zero-order valence-electron chi connectivity index (χ0n) is 12.1. The zero-order valence-corrected chi connectivity index (χ0v) is 13.7. The summed E-state index contributed by atoms with van der Waals surface area (Å²) < 4.78 is 26.3. The fourth-order valence-corrected chi connectivity index (χ4v) is 4.13. The van der Waals surface area contributed by atoms with E-state index in [9.17, 15) is 8.42 Å². The molecule has 19 heavy (non-hydrogen) atoms. The van der Waals surface area contributed by atoms with Crippen LogP contribution in [0.5, 0.6) is 0 Å². The van der Waals surface area contributed by atoms with E-state index in [4.69, 9.17) is 0 Å². The topological polar surface area (TPSA) is 49.4 Å². The van der Waals surface area contributed by atoms with Crippen LogP contribution >= 0.6 is 11.3 Å². The molecule has 2 unspecified atom stereocenters. The molecule has 1 rings (SSSR count). The second-order valence-electron chi connectivity index (χ2n) is 4.81. The Morgan fingerprint density at radius 3 is 2.63 bits per heavy atom. The highest BCUT2D eigenvalue weighted by atomic mass is 32.2. The lowest BCUT2D eigenvalue weighted by molar-refractivity contribution is 0.382. The third kappa shape index (κ3) is 4.56. The summed E-state index contributed by atoms with van der Waals surface area (Å²) in [5.41, 5.74) is 0. The molecule has 0 aliphatic heterocycles. The molecule has 6 heteroatoms. The molecule has 1 aromatic heterocycles. The third-order valence-electron chi connectivity index (χ3n) is 3.29. The zero-order chi connectivity index (χ0) is 14.5. The van der Waals surface area contributed by atoms with Crippen molar-refractivity contribution in [1.29, 1.82) is 0 Å². The van der Waals surface area contributed by atoms with Gasteiger partial charge in [-0.25, -0.2) is 12.7 Å². The van der Waals surface area contributed by atoms with E-state index in [1.54, 1.807) is 25.3 Å². The largest absolute Gasteiger partial charge is 0.316 e. The lowest BCUT2D eigenvalue weighted by Gasteiger charge is -2.27. The monoisotopic (exact) mass is 304 g/mol. The first-order chi connectivity index (χ1) is 8.89. The van der Waals surface area contributed by atoms with Crippen LogP contribution in [0.2, 0.25) is 0 Å². The summed E-state index contributed by atoms with van der Waals surface area (Å²) in [6, 6.07) is 4.02. The lowest BCUT2D eigenvalue weighted by Crippen LogP contribution is -2.44. The number of rotatable bonds is 8. The molecule has 2 atom stereocenters. The Hall–Kier alpha value is -0.430. The molecular formula is C13H24N2O2S2. The van der Waals surface area contributed by atoms with Gasteiger partial charge in [0.1, 0.15) is 0 Å². The summed E-state index contributed by atoms with van der Waals surface area (Å²) in [6.07, 6.45) is 0.765. The predicted molar refractivity (Wildman–Crippen MR) is 82.2 cm³/mol. The maximum absolute atomic E-state index is 12.4. The van der Waals surface area contributed by atoms with Gasteiger partial charge in [0, 0.05) is 24.5 Å². The maximum atomic E-state index is 12.4. The van der Waals surface area contributed by atoms with Crippen LogP contribution in [-0.2, 0) is 16.4 Å². The molecule has 0 saturated heterocycles. The number of sulfonamides is 1. The molecule has 0 spiro atoms. The van der Waals surface area contributed by atoms with Crippen molar-refractivity contribution in [1.82, 2.24) is 9.62 Å². The van der Waals surface area contributed by atoms with E-state index >= 15 is 0 Å². The standard InChI is InChI=1S/C13H24N2O2S2/c1-5-14-10-12(3)19(16,17)15(4)11(2)9-13-7-6-8-18-13/h6-8,11-12,14H,5,9-10H2,1-4H3. The van der Waals surface area contributed by atoms with Crippen LogP contribution in [0.1, 0.15) is 25.6 Å². The fraction of sp³-hybridized carbons (Fsp3) is 0.692. The number of hydrogen-bond donors (Lipinski definition) is 1. The SMILES string of the molecule is CCNCC(C)S(=O)(=O)N(C)C(C)Cc1cccs1. The van der Waals surface area contributed by atoms with Crippen molar-refractivity contribution in [3.8, 4) is 0 Å². The summed E-state index contributed by atoms with van der Waals surface area (Å²) in [7, 11) is -1.56. The Balaban J connectivity index is 2.66. The predicted octanol–water partition coefficient (Wildman–Crippen LogP) is 1.94. The molecule has 1 N–H and O–H groups in total. The Morgan fingerprint density at radius 1 is 1.42 bits per heavy atom. The molecule has 0 radical (unpaired) electrons. The van der Waals surface area contributed by atoms with Gasteiger partial charge >= 0.3 is 0 Å². The van der Waals surface area contributed by atoms with E-state index in [2.05, 4.69) is 5.32 Å². The maximum Gasteiger partial charge on any atom is 0.217 e. The Kier molecular flexibility index (Phi) is 6.46. The molecule has 0 saturated carbocycles. The molecule has 0 bridgehead atoms. The van der Waals surface area contributed by atoms with Gasteiger partial charge in [-0.15, -0.1) is 11.3 Å². The quantitative estimate of drug-likeness (QED) is 0.798. The summed E-state index contributed by atoms with van der Waals surface area (Å²) in [5, 5.41) is 4.71.